The summed E-state index contributed by atoms with van der Waals surface area (Å²) in [5.74, 6) is -1.04. The van der Waals surface area contributed by atoms with Gasteiger partial charge in [-0.25, -0.2) is 0 Å². The fourth-order valence-corrected chi connectivity index (χ4v) is 1.70. The van der Waals surface area contributed by atoms with Crippen molar-refractivity contribution in [1.29, 1.82) is 0 Å². The normalized spacial score (nSPS) is 14.1. The van der Waals surface area contributed by atoms with E-state index in [1.807, 2.05) is 13.8 Å². The topological polar surface area (TPSA) is 92.4 Å². The van der Waals surface area contributed by atoms with Crippen molar-refractivity contribution in [3.05, 3.63) is 0 Å². The van der Waals surface area contributed by atoms with E-state index in [-0.39, 0.29) is 24.2 Å². The minimum absolute atomic E-state index is 0.00324. The van der Waals surface area contributed by atoms with Gasteiger partial charge in [-0.3, -0.25) is 9.59 Å². The average Bonchev–Trinajstić information content (AvgIpc) is 2.30. The summed E-state index contributed by atoms with van der Waals surface area (Å²) in [7, 11) is 0. The van der Waals surface area contributed by atoms with E-state index in [2.05, 4.69) is 5.32 Å². The Kier molecular flexibility index (Phi) is 8.40. The van der Waals surface area contributed by atoms with Crippen molar-refractivity contribution < 1.29 is 14.7 Å². The van der Waals surface area contributed by atoms with Crippen molar-refractivity contribution in [2.45, 2.75) is 39.5 Å². The smallest absolute Gasteiger partial charge is 0.303 e. The van der Waals surface area contributed by atoms with Crippen molar-refractivity contribution in [2.24, 2.45) is 17.6 Å². The van der Waals surface area contributed by atoms with Crippen LogP contribution in [-0.4, -0.2) is 30.1 Å². The molecule has 5 nitrogen and oxygen atoms in total. The molecule has 2 unspecified atom stereocenters. The Morgan fingerprint density at radius 2 is 2.00 bits per heavy atom. The van der Waals surface area contributed by atoms with Crippen LogP contribution in [0.3, 0.4) is 0 Å². The molecule has 17 heavy (non-hydrogen) atoms. The first-order valence-corrected chi connectivity index (χ1v) is 6.24. The van der Waals surface area contributed by atoms with Gasteiger partial charge in [0.25, 0.3) is 0 Å². The number of nitrogens with two attached hydrogens (primary N) is 1. The second-order valence-corrected chi connectivity index (χ2v) is 4.34. The maximum absolute atomic E-state index is 11.7. The number of aliphatic carboxylic acids is 1. The molecule has 0 radical (unpaired) electrons. The zero-order valence-corrected chi connectivity index (χ0v) is 10.7. The summed E-state index contributed by atoms with van der Waals surface area (Å²) in [6.07, 6.45) is 2.53. The zero-order chi connectivity index (χ0) is 13.3. The van der Waals surface area contributed by atoms with E-state index in [4.69, 9.17) is 10.8 Å². The predicted molar refractivity (Wildman–Crippen MR) is 66.5 cm³/mol. The Morgan fingerprint density at radius 3 is 2.41 bits per heavy atom. The Balaban J connectivity index is 4.06. The van der Waals surface area contributed by atoms with E-state index in [1.165, 1.54) is 0 Å². The molecule has 2 atom stereocenters. The van der Waals surface area contributed by atoms with Crippen LogP contribution >= 0.6 is 0 Å². The molecule has 0 rings (SSSR count). The molecule has 1 amide bonds. The van der Waals surface area contributed by atoms with Gasteiger partial charge in [0.1, 0.15) is 0 Å². The van der Waals surface area contributed by atoms with Gasteiger partial charge in [-0.1, -0.05) is 26.7 Å². The number of rotatable bonds is 9. The van der Waals surface area contributed by atoms with Gasteiger partial charge < -0.3 is 16.2 Å². The Bertz CT molecular complexity index is 244. The van der Waals surface area contributed by atoms with Crippen molar-refractivity contribution in [2.75, 3.05) is 13.1 Å². The van der Waals surface area contributed by atoms with Crippen LogP contribution in [0.4, 0.5) is 0 Å². The minimum atomic E-state index is -0.824. The highest BCUT2D eigenvalue weighted by molar-refractivity contribution is 5.78. The first-order chi connectivity index (χ1) is 8.04. The summed E-state index contributed by atoms with van der Waals surface area (Å²) in [6, 6.07) is 0. The first-order valence-electron chi connectivity index (χ1n) is 6.24. The number of hydrogen-bond donors (Lipinski definition) is 3. The predicted octanol–water partition coefficient (Wildman–Crippen LogP) is 0.979. The molecule has 5 heteroatoms. The van der Waals surface area contributed by atoms with E-state index in [1.54, 1.807) is 0 Å². The zero-order valence-electron chi connectivity index (χ0n) is 10.7. The molecule has 0 aromatic heterocycles. The van der Waals surface area contributed by atoms with Gasteiger partial charge in [-0.05, 0) is 12.3 Å². The number of hydrogen-bond acceptors (Lipinski definition) is 3. The van der Waals surface area contributed by atoms with Crippen LogP contribution in [0, 0.1) is 11.8 Å². The molecule has 0 fully saturated rings. The van der Waals surface area contributed by atoms with Gasteiger partial charge in [0.15, 0.2) is 0 Å². The first kappa shape index (κ1) is 15.9. The summed E-state index contributed by atoms with van der Waals surface area (Å²) in [6.45, 7) is 4.69. The molecule has 0 saturated carbocycles. The molecule has 0 heterocycles. The summed E-state index contributed by atoms with van der Waals surface area (Å²) in [5, 5.41) is 11.5. The minimum Gasteiger partial charge on any atom is -0.481 e. The number of nitrogens with one attached hydrogen (secondary N) is 1. The van der Waals surface area contributed by atoms with Crippen LogP contribution in [0.5, 0.6) is 0 Å². The lowest BCUT2D eigenvalue weighted by Gasteiger charge is -2.17. The fourth-order valence-electron chi connectivity index (χ4n) is 1.70. The van der Waals surface area contributed by atoms with Crippen molar-refractivity contribution in [3.8, 4) is 0 Å². The highest BCUT2D eigenvalue weighted by atomic mass is 16.4. The number of carbonyl (C=O) groups is 2. The lowest BCUT2D eigenvalue weighted by atomic mass is 10.0. The van der Waals surface area contributed by atoms with E-state index in [0.717, 1.165) is 19.3 Å². The molecule has 0 spiro atoms. The van der Waals surface area contributed by atoms with E-state index < -0.39 is 5.97 Å². The number of carboxylic acids is 1. The molecule has 0 aromatic carbocycles. The van der Waals surface area contributed by atoms with Crippen LogP contribution in [0.1, 0.15) is 39.5 Å². The van der Waals surface area contributed by atoms with Crippen molar-refractivity contribution >= 4 is 11.9 Å². The highest BCUT2D eigenvalue weighted by Gasteiger charge is 2.17. The Morgan fingerprint density at radius 1 is 1.35 bits per heavy atom. The second kappa shape index (κ2) is 8.98. The molecule has 0 aliphatic rings. The van der Waals surface area contributed by atoms with Gasteiger partial charge in [0, 0.05) is 19.5 Å². The van der Waals surface area contributed by atoms with E-state index >= 15 is 0 Å². The SMILES string of the molecule is CCCC(CN)C(=O)NCC(CC)CC(=O)O. The quantitative estimate of drug-likeness (QED) is 0.563. The standard InChI is InChI=1S/C12H24N2O3/c1-3-5-10(7-13)12(17)14-8-9(4-2)6-11(15)16/h9-10H,3-8,13H2,1-2H3,(H,14,17)(H,15,16). The van der Waals surface area contributed by atoms with Crippen LogP contribution in [0.25, 0.3) is 0 Å². The third-order valence-corrected chi connectivity index (χ3v) is 2.90. The van der Waals surface area contributed by atoms with Crippen LogP contribution in [0.2, 0.25) is 0 Å². The third-order valence-electron chi connectivity index (χ3n) is 2.90. The molecule has 100 valence electrons. The van der Waals surface area contributed by atoms with E-state index in [0.29, 0.717) is 13.1 Å². The van der Waals surface area contributed by atoms with Crippen molar-refractivity contribution in [1.82, 2.24) is 5.32 Å². The largest absolute Gasteiger partial charge is 0.481 e. The molecule has 0 bridgehead atoms. The summed E-state index contributed by atoms with van der Waals surface area (Å²) in [4.78, 5) is 22.3. The molecular formula is C12H24N2O3. The highest BCUT2D eigenvalue weighted by Crippen LogP contribution is 2.08. The lowest BCUT2D eigenvalue weighted by Crippen LogP contribution is -2.37. The molecule has 0 aromatic rings. The molecule has 0 aliphatic carbocycles. The van der Waals surface area contributed by atoms with Crippen LogP contribution in [0.15, 0.2) is 0 Å². The van der Waals surface area contributed by atoms with Gasteiger partial charge >= 0.3 is 5.97 Å². The number of carbonyl (C=O) groups excluding carboxylic acids is 1. The summed E-state index contributed by atoms with van der Waals surface area (Å²) >= 11 is 0. The Hall–Kier alpha value is -1.10. The van der Waals surface area contributed by atoms with Crippen molar-refractivity contribution in [3.63, 3.8) is 0 Å². The van der Waals surface area contributed by atoms with Gasteiger partial charge in [-0.15, -0.1) is 0 Å². The molecular weight excluding hydrogens is 220 g/mol. The summed E-state index contributed by atoms with van der Waals surface area (Å²) in [5.41, 5.74) is 5.52. The average molecular weight is 244 g/mol. The number of amides is 1. The molecule has 4 N–H and O–H groups in total. The molecule has 0 aliphatic heterocycles. The van der Waals surface area contributed by atoms with Gasteiger partial charge in [0.2, 0.25) is 5.91 Å². The van der Waals surface area contributed by atoms with Crippen LogP contribution < -0.4 is 11.1 Å². The van der Waals surface area contributed by atoms with Crippen LogP contribution in [-0.2, 0) is 9.59 Å². The maximum atomic E-state index is 11.7. The second-order valence-electron chi connectivity index (χ2n) is 4.34. The fraction of sp³-hybridized carbons (Fsp3) is 0.833. The van der Waals surface area contributed by atoms with Gasteiger partial charge in [0.05, 0.1) is 5.92 Å². The monoisotopic (exact) mass is 244 g/mol. The van der Waals surface area contributed by atoms with E-state index in [9.17, 15) is 9.59 Å². The van der Waals surface area contributed by atoms with Gasteiger partial charge in [-0.2, -0.15) is 0 Å². The maximum Gasteiger partial charge on any atom is 0.303 e. The third kappa shape index (κ3) is 6.94. The Labute approximate surface area is 103 Å². The number of carboxylic acid groups (broad SMARTS) is 1. The lowest BCUT2D eigenvalue weighted by molar-refractivity contribution is -0.138. The summed E-state index contributed by atoms with van der Waals surface area (Å²) < 4.78 is 0. The molecule has 0 saturated heterocycles.